The molecule has 1 aliphatic carbocycles. The maximum Gasteiger partial charge on any atom is 0.416 e. The first-order valence-electron chi connectivity index (χ1n) is 10.3. The number of aromatic nitrogens is 1. The van der Waals surface area contributed by atoms with E-state index in [1.807, 2.05) is 18.2 Å². The van der Waals surface area contributed by atoms with Gasteiger partial charge < -0.3 is 13.9 Å². The molecule has 32 heavy (non-hydrogen) atoms. The summed E-state index contributed by atoms with van der Waals surface area (Å²) in [5.41, 5.74) is 2.58. The Hall–Kier alpha value is -3.29. The highest BCUT2D eigenvalue weighted by Crippen LogP contribution is 2.36. The average molecular weight is 445 g/mol. The van der Waals surface area contributed by atoms with Crippen LogP contribution in [0.3, 0.4) is 0 Å². The smallest absolute Gasteiger partial charge is 0.416 e. The molecule has 2 aromatic carbocycles. The summed E-state index contributed by atoms with van der Waals surface area (Å²) < 4.78 is 55.1. The van der Waals surface area contributed by atoms with E-state index < -0.39 is 11.7 Å². The van der Waals surface area contributed by atoms with Crippen LogP contribution >= 0.6 is 0 Å². The molecule has 1 aliphatic rings. The van der Waals surface area contributed by atoms with Crippen molar-refractivity contribution >= 4 is 5.97 Å². The summed E-state index contributed by atoms with van der Waals surface area (Å²) in [4.78, 5) is 15.6. The van der Waals surface area contributed by atoms with Crippen molar-refractivity contribution in [1.82, 2.24) is 4.98 Å². The first kappa shape index (κ1) is 21.9. The number of ether oxygens (including phenoxy) is 2. The molecule has 0 amide bonds. The molecule has 168 valence electrons. The quantitative estimate of drug-likeness (QED) is 0.446. The van der Waals surface area contributed by atoms with Crippen molar-refractivity contribution in [2.45, 2.75) is 45.4 Å². The number of hydrogen-bond donors (Lipinski definition) is 0. The van der Waals surface area contributed by atoms with E-state index in [0.717, 1.165) is 41.9 Å². The highest BCUT2D eigenvalue weighted by molar-refractivity contribution is 5.66. The first-order valence-corrected chi connectivity index (χ1v) is 10.3. The third-order valence-electron chi connectivity index (χ3n) is 5.40. The highest BCUT2D eigenvalue weighted by Gasteiger charge is 2.30. The largest absolute Gasteiger partial charge is 0.493 e. The van der Waals surface area contributed by atoms with E-state index in [9.17, 15) is 18.0 Å². The SMILES string of the molecule is CC(=O)OC1CCc2cc(OCCc3nc(-c4ccc(C(F)(F)F)cc4)oc3C)ccc21. The lowest BCUT2D eigenvalue weighted by Gasteiger charge is -2.12. The number of halogens is 3. The van der Waals surface area contributed by atoms with Crippen molar-refractivity contribution in [3.63, 3.8) is 0 Å². The highest BCUT2D eigenvalue weighted by atomic mass is 19.4. The van der Waals surface area contributed by atoms with Gasteiger partial charge >= 0.3 is 12.1 Å². The molecule has 0 fully saturated rings. The normalized spacial score (nSPS) is 15.5. The van der Waals surface area contributed by atoms with Crippen LogP contribution in [0.4, 0.5) is 13.2 Å². The van der Waals surface area contributed by atoms with Gasteiger partial charge in [0.1, 0.15) is 17.6 Å². The fourth-order valence-electron chi connectivity index (χ4n) is 3.82. The minimum Gasteiger partial charge on any atom is -0.493 e. The molecule has 1 aromatic heterocycles. The molecule has 0 saturated carbocycles. The van der Waals surface area contributed by atoms with Crippen LogP contribution in [0.2, 0.25) is 0 Å². The minimum atomic E-state index is -4.38. The molecule has 1 unspecified atom stereocenters. The molecule has 0 radical (unpaired) electrons. The fraction of sp³-hybridized carbons (Fsp3) is 0.333. The average Bonchev–Trinajstić information content (AvgIpc) is 3.30. The van der Waals surface area contributed by atoms with Crippen molar-refractivity contribution in [1.29, 1.82) is 0 Å². The number of benzene rings is 2. The Bertz CT molecular complexity index is 1120. The monoisotopic (exact) mass is 445 g/mol. The molecule has 8 heteroatoms. The maximum atomic E-state index is 12.7. The lowest BCUT2D eigenvalue weighted by Crippen LogP contribution is -2.05. The zero-order valence-corrected chi connectivity index (χ0v) is 17.7. The zero-order chi connectivity index (χ0) is 22.9. The van der Waals surface area contributed by atoms with Crippen LogP contribution in [0.1, 0.15) is 47.6 Å². The van der Waals surface area contributed by atoms with Gasteiger partial charge in [0.25, 0.3) is 0 Å². The van der Waals surface area contributed by atoms with Crippen LogP contribution in [-0.4, -0.2) is 17.6 Å². The topological polar surface area (TPSA) is 61.6 Å². The Labute approximate surface area is 183 Å². The van der Waals surface area contributed by atoms with Gasteiger partial charge in [-0.1, -0.05) is 6.07 Å². The predicted molar refractivity (Wildman–Crippen MR) is 110 cm³/mol. The van der Waals surface area contributed by atoms with Gasteiger partial charge in [-0.25, -0.2) is 4.98 Å². The molecule has 0 aliphatic heterocycles. The standard InChI is InChI=1S/C24H22F3NO4/c1-14-21(28-23(31-14)16-3-6-18(7-4-16)24(25,26)27)11-12-30-19-8-9-20-17(13-19)5-10-22(20)32-15(2)29/h3-4,6-9,13,22H,5,10-12H2,1-2H3. The van der Waals surface area contributed by atoms with Gasteiger partial charge in [0, 0.05) is 18.9 Å². The van der Waals surface area contributed by atoms with Gasteiger partial charge in [-0.2, -0.15) is 13.2 Å². The van der Waals surface area contributed by atoms with Crippen molar-refractivity contribution in [2.24, 2.45) is 0 Å². The lowest BCUT2D eigenvalue weighted by molar-refractivity contribution is -0.146. The molecular formula is C24H22F3NO4. The van der Waals surface area contributed by atoms with E-state index in [1.54, 1.807) is 6.92 Å². The molecule has 0 spiro atoms. The van der Waals surface area contributed by atoms with E-state index in [1.165, 1.54) is 19.1 Å². The third kappa shape index (κ3) is 4.79. The van der Waals surface area contributed by atoms with Gasteiger partial charge in [-0.15, -0.1) is 0 Å². The third-order valence-corrected chi connectivity index (χ3v) is 5.40. The summed E-state index contributed by atoms with van der Waals surface area (Å²) in [5, 5.41) is 0. The Kier molecular flexibility index (Phi) is 5.95. The van der Waals surface area contributed by atoms with Crippen molar-refractivity contribution < 1.29 is 31.9 Å². The Morgan fingerprint density at radius 2 is 1.94 bits per heavy atom. The second-order valence-electron chi connectivity index (χ2n) is 7.69. The van der Waals surface area contributed by atoms with Crippen LogP contribution in [0, 0.1) is 6.92 Å². The Balaban J connectivity index is 1.37. The van der Waals surface area contributed by atoms with Crippen LogP contribution in [0.5, 0.6) is 5.75 Å². The van der Waals surface area contributed by atoms with E-state index in [4.69, 9.17) is 13.9 Å². The van der Waals surface area contributed by atoms with E-state index in [0.29, 0.717) is 30.0 Å². The number of fused-ring (bicyclic) bond motifs is 1. The van der Waals surface area contributed by atoms with Crippen LogP contribution in [0.25, 0.3) is 11.5 Å². The van der Waals surface area contributed by atoms with E-state index in [-0.39, 0.29) is 18.0 Å². The van der Waals surface area contributed by atoms with E-state index in [2.05, 4.69) is 4.98 Å². The van der Waals surface area contributed by atoms with Crippen molar-refractivity contribution in [2.75, 3.05) is 6.61 Å². The summed E-state index contributed by atoms with van der Waals surface area (Å²) in [5.74, 6) is 1.31. The minimum absolute atomic E-state index is 0.196. The molecule has 0 N–H and O–H groups in total. The van der Waals surface area contributed by atoms with Crippen molar-refractivity contribution in [3.8, 4) is 17.2 Å². The predicted octanol–water partition coefficient (Wildman–Crippen LogP) is 5.84. The maximum absolute atomic E-state index is 12.7. The van der Waals surface area contributed by atoms with Gasteiger partial charge in [-0.3, -0.25) is 4.79 Å². The number of esters is 1. The second-order valence-corrected chi connectivity index (χ2v) is 7.69. The fourth-order valence-corrected chi connectivity index (χ4v) is 3.82. The molecule has 0 bridgehead atoms. The summed E-state index contributed by atoms with van der Waals surface area (Å²) in [6.07, 6.45) is -2.50. The van der Waals surface area contributed by atoms with Gasteiger partial charge in [0.2, 0.25) is 5.89 Å². The number of carbonyl (C=O) groups excluding carboxylic acids is 1. The number of nitrogens with zero attached hydrogens (tertiary/aromatic N) is 1. The molecule has 5 nitrogen and oxygen atoms in total. The molecule has 0 saturated heterocycles. The number of carbonyl (C=O) groups is 1. The molecule has 1 heterocycles. The first-order chi connectivity index (χ1) is 15.2. The zero-order valence-electron chi connectivity index (χ0n) is 17.7. The Morgan fingerprint density at radius 1 is 1.19 bits per heavy atom. The summed E-state index contributed by atoms with van der Waals surface area (Å²) in [6, 6.07) is 10.5. The molecule has 4 rings (SSSR count). The van der Waals surface area contributed by atoms with Crippen LogP contribution in [-0.2, 0) is 28.5 Å². The van der Waals surface area contributed by atoms with Crippen LogP contribution in [0.15, 0.2) is 46.9 Å². The second kappa shape index (κ2) is 8.68. The summed E-state index contributed by atoms with van der Waals surface area (Å²) >= 11 is 0. The molecule has 1 atom stereocenters. The van der Waals surface area contributed by atoms with E-state index >= 15 is 0 Å². The number of alkyl halides is 3. The summed E-state index contributed by atoms with van der Waals surface area (Å²) in [7, 11) is 0. The van der Waals surface area contributed by atoms with Crippen molar-refractivity contribution in [3.05, 3.63) is 70.6 Å². The number of aryl methyl sites for hydroxylation is 2. The number of oxazole rings is 1. The van der Waals surface area contributed by atoms with Gasteiger partial charge in [0.05, 0.1) is 17.9 Å². The number of rotatable bonds is 6. The Morgan fingerprint density at radius 3 is 2.62 bits per heavy atom. The van der Waals surface area contributed by atoms with Crippen LogP contribution < -0.4 is 4.74 Å². The molecular weight excluding hydrogens is 423 g/mol. The lowest BCUT2D eigenvalue weighted by atomic mass is 10.1. The molecule has 3 aromatic rings. The summed E-state index contributed by atoms with van der Waals surface area (Å²) in [6.45, 7) is 3.54. The van der Waals surface area contributed by atoms with Gasteiger partial charge in [0.15, 0.2) is 0 Å². The number of hydrogen-bond acceptors (Lipinski definition) is 5. The van der Waals surface area contributed by atoms with Gasteiger partial charge in [-0.05, 0) is 67.3 Å².